The van der Waals surface area contributed by atoms with Gasteiger partial charge in [-0.05, 0) is 31.9 Å². The second-order valence-electron chi connectivity index (χ2n) is 4.46. The van der Waals surface area contributed by atoms with E-state index in [1.165, 1.54) is 0 Å². The van der Waals surface area contributed by atoms with Gasteiger partial charge >= 0.3 is 0 Å². The highest BCUT2D eigenvalue weighted by Gasteiger charge is 1.99. The second kappa shape index (κ2) is 10.1. The fourth-order valence-corrected chi connectivity index (χ4v) is 1.81. The molecule has 1 aromatic carbocycles. The Kier molecular flexibility index (Phi) is 8.22. The first-order valence-electron chi connectivity index (χ1n) is 7.05. The van der Waals surface area contributed by atoms with E-state index in [0.29, 0.717) is 19.6 Å². The molecule has 1 aromatic rings. The van der Waals surface area contributed by atoms with Crippen molar-refractivity contribution in [2.24, 2.45) is 0 Å². The average Bonchev–Trinajstić information content (AvgIpc) is 2.46. The van der Waals surface area contributed by atoms with Gasteiger partial charge in [0, 0.05) is 12.5 Å². The lowest BCUT2D eigenvalue weighted by Gasteiger charge is -2.08. The molecule has 5 nitrogen and oxygen atoms in total. The minimum absolute atomic E-state index is 0.325. The highest BCUT2D eigenvalue weighted by atomic mass is 16.5. The van der Waals surface area contributed by atoms with Crippen molar-refractivity contribution in [3.8, 4) is 11.5 Å². The Balaban J connectivity index is 2.09. The topological polar surface area (TPSA) is 67.8 Å². The van der Waals surface area contributed by atoms with Crippen molar-refractivity contribution in [2.45, 2.75) is 39.0 Å². The van der Waals surface area contributed by atoms with Gasteiger partial charge in [-0.15, -0.1) is 0 Å². The first kappa shape index (κ1) is 16.3. The van der Waals surface area contributed by atoms with E-state index in [1.54, 1.807) is 5.48 Å². The van der Waals surface area contributed by atoms with Crippen LogP contribution in [0.15, 0.2) is 24.3 Å². The highest BCUT2D eigenvalue weighted by Crippen LogP contribution is 2.19. The van der Waals surface area contributed by atoms with Crippen LogP contribution < -0.4 is 15.0 Å². The van der Waals surface area contributed by atoms with E-state index in [9.17, 15) is 4.79 Å². The Morgan fingerprint density at radius 3 is 2.55 bits per heavy atom. The molecule has 0 fully saturated rings. The SMILES string of the molecule is CCOc1cccc(OCCCCCCC(=O)NO)c1. The molecule has 1 amide bonds. The molecular formula is C15H23NO4. The predicted molar refractivity (Wildman–Crippen MR) is 76.1 cm³/mol. The summed E-state index contributed by atoms with van der Waals surface area (Å²) in [5.74, 6) is 1.31. The van der Waals surface area contributed by atoms with Crippen LogP contribution in [-0.2, 0) is 4.79 Å². The van der Waals surface area contributed by atoms with Crippen LogP contribution in [0.4, 0.5) is 0 Å². The van der Waals surface area contributed by atoms with E-state index < -0.39 is 0 Å². The zero-order valence-electron chi connectivity index (χ0n) is 11.9. The van der Waals surface area contributed by atoms with Crippen molar-refractivity contribution >= 4 is 5.91 Å². The minimum Gasteiger partial charge on any atom is -0.494 e. The predicted octanol–water partition coefficient (Wildman–Crippen LogP) is 2.92. The minimum atomic E-state index is -0.325. The van der Waals surface area contributed by atoms with E-state index in [-0.39, 0.29) is 5.91 Å². The molecule has 0 aliphatic rings. The van der Waals surface area contributed by atoms with Gasteiger partial charge in [-0.2, -0.15) is 0 Å². The molecule has 0 aliphatic heterocycles. The van der Waals surface area contributed by atoms with E-state index >= 15 is 0 Å². The normalized spacial score (nSPS) is 10.1. The molecule has 0 aliphatic carbocycles. The lowest BCUT2D eigenvalue weighted by molar-refractivity contribution is -0.129. The largest absolute Gasteiger partial charge is 0.494 e. The summed E-state index contributed by atoms with van der Waals surface area (Å²) in [6.07, 6.45) is 4.05. The number of hydrogen-bond donors (Lipinski definition) is 2. The molecule has 0 unspecified atom stereocenters. The van der Waals surface area contributed by atoms with Gasteiger partial charge in [0.1, 0.15) is 11.5 Å². The summed E-state index contributed by atoms with van der Waals surface area (Å²) in [4.78, 5) is 10.8. The standard InChI is InChI=1S/C15H23NO4/c1-2-19-13-8-7-9-14(12-13)20-11-6-4-3-5-10-15(17)16-18/h7-9,12,18H,2-6,10-11H2,1H3,(H,16,17). The Morgan fingerprint density at radius 1 is 1.15 bits per heavy atom. The van der Waals surface area contributed by atoms with Crippen LogP contribution in [0, 0.1) is 0 Å². The third-order valence-electron chi connectivity index (χ3n) is 2.81. The monoisotopic (exact) mass is 281 g/mol. The maximum absolute atomic E-state index is 10.8. The van der Waals surface area contributed by atoms with E-state index in [1.807, 2.05) is 31.2 Å². The molecule has 2 N–H and O–H groups in total. The Bertz CT molecular complexity index is 395. The fraction of sp³-hybridized carbons (Fsp3) is 0.533. The summed E-state index contributed by atoms with van der Waals surface area (Å²) in [5.41, 5.74) is 1.63. The van der Waals surface area contributed by atoms with Crippen molar-refractivity contribution in [3.63, 3.8) is 0 Å². The van der Waals surface area contributed by atoms with Crippen LogP contribution in [-0.4, -0.2) is 24.3 Å². The van der Waals surface area contributed by atoms with E-state index in [0.717, 1.165) is 37.2 Å². The molecule has 0 heterocycles. The average molecular weight is 281 g/mol. The Labute approximate surface area is 119 Å². The number of rotatable bonds is 10. The molecule has 1 rings (SSSR count). The number of amides is 1. The molecule has 0 spiro atoms. The summed E-state index contributed by atoms with van der Waals surface area (Å²) in [5, 5.41) is 8.33. The third kappa shape index (κ3) is 6.99. The first-order valence-corrected chi connectivity index (χ1v) is 7.05. The Hall–Kier alpha value is -1.75. The van der Waals surface area contributed by atoms with Crippen LogP contribution in [0.25, 0.3) is 0 Å². The maximum Gasteiger partial charge on any atom is 0.243 e. The molecule has 112 valence electrons. The number of benzene rings is 1. The smallest absolute Gasteiger partial charge is 0.243 e. The van der Waals surface area contributed by atoms with Crippen LogP contribution in [0.5, 0.6) is 11.5 Å². The summed E-state index contributed by atoms with van der Waals surface area (Å²) >= 11 is 0. The molecule has 0 bridgehead atoms. The van der Waals surface area contributed by atoms with Crippen molar-refractivity contribution in [3.05, 3.63) is 24.3 Å². The second-order valence-corrected chi connectivity index (χ2v) is 4.46. The van der Waals surface area contributed by atoms with Crippen molar-refractivity contribution in [2.75, 3.05) is 13.2 Å². The van der Waals surface area contributed by atoms with Gasteiger partial charge < -0.3 is 9.47 Å². The third-order valence-corrected chi connectivity index (χ3v) is 2.81. The van der Waals surface area contributed by atoms with Gasteiger partial charge in [-0.1, -0.05) is 18.9 Å². The summed E-state index contributed by atoms with van der Waals surface area (Å²) in [7, 11) is 0. The molecule has 20 heavy (non-hydrogen) atoms. The van der Waals surface area contributed by atoms with Gasteiger partial charge in [0.05, 0.1) is 13.2 Å². The highest BCUT2D eigenvalue weighted by molar-refractivity contribution is 5.74. The lowest BCUT2D eigenvalue weighted by atomic mass is 10.1. The summed E-state index contributed by atoms with van der Waals surface area (Å²) in [6.45, 7) is 3.25. The van der Waals surface area contributed by atoms with Gasteiger partial charge in [-0.25, -0.2) is 5.48 Å². The maximum atomic E-state index is 10.8. The van der Waals surface area contributed by atoms with Crippen molar-refractivity contribution in [1.29, 1.82) is 0 Å². The van der Waals surface area contributed by atoms with Crippen molar-refractivity contribution < 1.29 is 19.5 Å². The molecular weight excluding hydrogens is 258 g/mol. The van der Waals surface area contributed by atoms with Crippen LogP contribution in [0.3, 0.4) is 0 Å². The number of ether oxygens (including phenoxy) is 2. The van der Waals surface area contributed by atoms with Crippen LogP contribution in [0.1, 0.15) is 39.0 Å². The summed E-state index contributed by atoms with van der Waals surface area (Å²) in [6, 6.07) is 7.61. The van der Waals surface area contributed by atoms with Gasteiger partial charge in [0.15, 0.2) is 0 Å². The lowest BCUT2D eigenvalue weighted by Crippen LogP contribution is -2.17. The quantitative estimate of drug-likeness (QED) is 0.393. The first-order chi connectivity index (χ1) is 9.76. The molecule has 0 saturated carbocycles. The number of hydroxylamine groups is 1. The number of carbonyl (C=O) groups excluding carboxylic acids is 1. The zero-order chi connectivity index (χ0) is 14.6. The molecule has 0 saturated heterocycles. The Morgan fingerprint density at radius 2 is 1.85 bits per heavy atom. The van der Waals surface area contributed by atoms with E-state index in [2.05, 4.69) is 0 Å². The van der Waals surface area contributed by atoms with Gasteiger partial charge in [0.25, 0.3) is 0 Å². The van der Waals surface area contributed by atoms with Crippen LogP contribution in [0.2, 0.25) is 0 Å². The zero-order valence-corrected chi connectivity index (χ0v) is 11.9. The number of unbranched alkanes of at least 4 members (excludes halogenated alkanes) is 3. The molecule has 0 radical (unpaired) electrons. The van der Waals surface area contributed by atoms with Crippen molar-refractivity contribution in [1.82, 2.24) is 5.48 Å². The molecule has 0 aromatic heterocycles. The fourth-order valence-electron chi connectivity index (χ4n) is 1.81. The number of carbonyl (C=O) groups is 1. The number of nitrogens with one attached hydrogen (secondary N) is 1. The number of hydrogen-bond acceptors (Lipinski definition) is 4. The van der Waals surface area contributed by atoms with E-state index in [4.69, 9.17) is 14.7 Å². The molecule has 5 heteroatoms. The van der Waals surface area contributed by atoms with Gasteiger partial charge in [-0.3, -0.25) is 10.0 Å². The molecule has 0 atom stereocenters. The van der Waals surface area contributed by atoms with Crippen LogP contribution >= 0.6 is 0 Å². The summed E-state index contributed by atoms with van der Waals surface area (Å²) < 4.78 is 11.0. The van der Waals surface area contributed by atoms with Gasteiger partial charge in [0.2, 0.25) is 5.91 Å².